The summed E-state index contributed by atoms with van der Waals surface area (Å²) in [6.07, 6.45) is 2.14. The van der Waals surface area contributed by atoms with E-state index < -0.39 is 18.0 Å². The highest BCUT2D eigenvalue weighted by molar-refractivity contribution is 5.83. The molecule has 0 aliphatic carbocycles. The van der Waals surface area contributed by atoms with Gasteiger partial charge in [-0.1, -0.05) is 0 Å². The molecule has 0 aromatic heterocycles. The van der Waals surface area contributed by atoms with Crippen LogP contribution in [0.2, 0.25) is 0 Å². The molecule has 6 nitrogen and oxygen atoms in total. The molecule has 0 saturated heterocycles. The third-order valence-corrected chi connectivity index (χ3v) is 1.97. The number of hydrogen-bond acceptors (Lipinski definition) is 4. The van der Waals surface area contributed by atoms with E-state index in [1.165, 1.54) is 14.2 Å². The maximum absolute atomic E-state index is 11.3. The quantitative estimate of drug-likeness (QED) is 0.416. The van der Waals surface area contributed by atoms with Gasteiger partial charge >= 0.3 is 12.0 Å². The molecular formula is C9H19N3O3. The number of esters is 1. The minimum Gasteiger partial charge on any atom is -0.467 e. The van der Waals surface area contributed by atoms with Crippen molar-refractivity contribution in [1.29, 1.82) is 0 Å². The Bertz CT molecular complexity index is 209. The lowest BCUT2D eigenvalue weighted by atomic mass is 10.1. The number of urea groups is 1. The van der Waals surface area contributed by atoms with Crippen molar-refractivity contribution in [3.63, 3.8) is 0 Å². The molecule has 0 rings (SSSR count). The summed E-state index contributed by atoms with van der Waals surface area (Å²) in [6, 6.07) is -0.986. The van der Waals surface area contributed by atoms with Crippen LogP contribution >= 0.6 is 0 Å². The molecule has 1 unspecified atom stereocenters. The molecule has 0 saturated carbocycles. The zero-order valence-electron chi connectivity index (χ0n) is 9.21. The van der Waals surface area contributed by atoms with E-state index in [1.54, 1.807) is 0 Å². The van der Waals surface area contributed by atoms with E-state index in [0.717, 1.165) is 12.8 Å². The monoisotopic (exact) mass is 217 g/mol. The van der Waals surface area contributed by atoms with Gasteiger partial charge in [0.05, 0.1) is 7.11 Å². The predicted molar refractivity (Wildman–Crippen MR) is 56.3 cm³/mol. The van der Waals surface area contributed by atoms with Crippen LogP contribution in [0.1, 0.15) is 19.3 Å². The Balaban J connectivity index is 4.06. The molecule has 0 aromatic rings. The van der Waals surface area contributed by atoms with Gasteiger partial charge in [-0.05, 0) is 25.8 Å². The molecule has 0 fully saturated rings. The molecule has 0 heterocycles. The maximum Gasteiger partial charge on any atom is 0.328 e. The molecule has 0 aliphatic rings. The van der Waals surface area contributed by atoms with E-state index in [2.05, 4.69) is 15.4 Å². The zero-order valence-corrected chi connectivity index (χ0v) is 9.21. The third kappa shape index (κ3) is 5.90. The van der Waals surface area contributed by atoms with Crippen LogP contribution in [0.15, 0.2) is 0 Å². The molecule has 2 amide bonds. The fourth-order valence-corrected chi connectivity index (χ4v) is 1.11. The molecule has 1 atom stereocenters. The summed E-state index contributed by atoms with van der Waals surface area (Å²) in [5.74, 6) is -0.435. The first-order chi connectivity index (χ1) is 7.15. The van der Waals surface area contributed by atoms with E-state index in [-0.39, 0.29) is 0 Å². The lowest BCUT2D eigenvalue weighted by Gasteiger charge is -2.15. The van der Waals surface area contributed by atoms with Gasteiger partial charge in [0.15, 0.2) is 0 Å². The number of unbranched alkanes of at least 4 members (excludes halogenated alkanes) is 1. The maximum atomic E-state index is 11.3. The molecule has 0 aromatic carbocycles. The smallest absolute Gasteiger partial charge is 0.328 e. The van der Waals surface area contributed by atoms with Crippen LogP contribution in [0.5, 0.6) is 0 Å². The van der Waals surface area contributed by atoms with E-state index >= 15 is 0 Å². The highest BCUT2D eigenvalue weighted by atomic mass is 16.5. The van der Waals surface area contributed by atoms with Crippen molar-refractivity contribution in [2.45, 2.75) is 25.3 Å². The van der Waals surface area contributed by atoms with Crippen molar-refractivity contribution in [2.75, 3.05) is 20.7 Å². The second-order valence-corrected chi connectivity index (χ2v) is 3.08. The lowest BCUT2D eigenvalue weighted by Crippen LogP contribution is -2.45. The number of amides is 2. The van der Waals surface area contributed by atoms with Crippen molar-refractivity contribution < 1.29 is 14.3 Å². The van der Waals surface area contributed by atoms with Crippen molar-refractivity contribution in [2.24, 2.45) is 5.73 Å². The van der Waals surface area contributed by atoms with Crippen LogP contribution in [0.25, 0.3) is 0 Å². The van der Waals surface area contributed by atoms with E-state index in [9.17, 15) is 9.59 Å². The lowest BCUT2D eigenvalue weighted by molar-refractivity contribution is -0.143. The first kappa shape index (κ1) is 13.7. The summed E-state index contributed by atoms with van der Waals surface area (Å²) in [5, 5.41) is 4.89. The molecule has 0 aliphatic heterocycles. The average Bonchev–Trinajstić information content (AvgIpc) is 2.26. The van der Waals surface area contributed by atoms with Gasteiger partial charge < -0.3 is 21.1 Å². The van der Waals surface area contributed by atoms with Gasteiger partial charge in [-0.15, -0.1) is 0 Å². The SMILES string of the molecule is CNC(=O)NC(CCCCN)C(=O)OC. The van der Waals surface area contributed by atoms with Crippen LogP contribution in [0.4, 0.5) is 4.79 Å². The van der Waals surface area contributed by atoms with E-state index in [1.807, 2.05) is 0 Å². The Morgan fingerprint density at radius 1 is 1.40 bits per heavy atom. The molecule has 88 valence electrons. The summed E-state index contributed by atoms with van der Waals surface area (Å²) in [6.45, 7) is 0.577. The fourth-order valence-electron chi connectivity index (χ4n) is 1.11. The van der Waals surface area contributed by atoms with Crippen LogP contribution in [0.3, 0.4) is 0 Å². The second-order valence-electron chi connectivity index (χ2n) is 3.08. The van der Waals surface area contributed by atoms with Gasteiger partial charge in [0.25, 0.3) is 0 Å². The van der Waals surface area contributed by atoms with Crippen molar-refractivity contribution in [3.8, 4) is 0 Å². The molecule has 4 N–H and O–H groups in total. The number of ether oxygens (including phenoxy) is 1. The first-order valence-corrected chi connectivity index (χ1v) is 4.91. The zero-order chi connectivity index (χ0) is 11.7. The van der Waals surface area contributed by atoms with Gasteiger partial charge in [-0.2, -0.15) is 0 Å². The second kappa shape index (κ2) is 8.05. The summed E-state index contributed by atoms with van der Waals surface area (Å²) in [5.41, 5.74) is 5.33. The summed E-state index contributed by atoms with van der Waals surface area (Å²) in [7, 11) is 2.79. The highest BCUT2D eigenvalue weighted by Crippen LogP contribution is 2.02. The van der Waals surface area contributed by atoms with Crippen LogP contribution in [0, 0.1) is 0 Å². The number of hydrogen-bond donors (Lipinski definition) is 3. The predicted octanol–water partition coefficient (Wildman–Crippen LogP) is -0.414. The van der Waals surface area contributed by atoms with Crippen LogP contribution in [-0.2, 0) is 9.53 Å². The van der Waals surface area contributed by atoms with Crippen LogP contribution in [-0.4, -0.2) is 38.7 Å². The van der Waals surface area contributed by atoms with E-state index in [0.29, 0.717) is 13.0 Å². The number of carbonyl (C=O) groups is 2. The number of nitrogens with one attached hydrogen (secondary N) is 2. The minimum atomic E-state index is -0.596. The Morgan fingerprint density at radius 2 is 2.07 bits per heavy atom. The average molecular weight is 217 g/mol. The largest absolute Gasteiger partial charge is 0.467 e. The minimum absolute atomic E-state index is 0.391. The van der Waals surface area contributed by atoms with Crippen LogP contribution < -0.4 is 16.4 Å². The number of nitrogens with two attached hydrogens (primary N) is 1. The summed E-state index contributed by atoms with van der Waals surface area (Å²) in [4.78, 5) is 22.3. The van der Waals surface area contributed by atoms with Gasteiger partial charge in [0.2, 0.25) is 0 Å². The normalized spacial score (nSPS) is 11.7. The standard InChI is InChI=1S/C9H19N3O3/c1-11-9(14)12-7(8(13)15-2)5-3-4-6-10/h7H,3-6,10H2,1-2H3,(H2,11,12,14). The molecular weight excluding hydrogens is 198 g/mol. The molecule has 0 spiro atoms. The molecule has 0 radical (unpaired) electrons. The van der Waals surface area contributed by atoms with Gasteiger partial charge in [-0.25, -0.2) is 9.59 Å². The number of rotatable bonds is 6. The topological polar surface area (TPSA) is 93.5 Å². The first-order valence-electron chi connectivity index (χ1n) is 4.91. The number of carbonyl (C=O) groups excluding carboxylic acids is 2. The summed E-state index contributed by atoms with van der Waals surface area (Å²) < 4.78 is 4.58. The van der Waals surface area contributed by atoms with E-state index in [4.69, 9.17) is 5.73 Å². The Hall–Kier alpha value is -1.30. The highest BCUT2D eigenvalue weighted by Gasteiger charge is 2.19. The van der Waals surface area contributed by atoms with Gasteiger partial charge in [0.1, 0.15) is 6.04 Å². The molecule has 0 bridgehead atoms. The van der Waals surface area contributed by atoms with Gasteiger partial charge in [-0.3, -0.25) is 0 Å². The van der Waals surface area contributed by atoms with Crippen molar-refractivity contribution in [3.05, 3.63) is 0 Å². The Labute approximate surface area is 89.5 Å². The Morgan fingerprint density at radius 3 is 2.53 bits per heavy atom. The van der Waals surface area contributed by atoms with Crippen molar-refractivity contribution in [1.82, 2.24) is 10.6 Å². The Kier molecular flexibility index (Phi) is 7.35. The molecule has 15 heavy (non-hydrogen) atoms. The molecule has 6 heteroatoms. The van der Waals surface area contributed by atoms with Gasteiger partial charge in [0, 0.05) is 7.05 Å². The summed E-state index contributed by atoms with van der Waals surface area (Å²) >= 11 is 0. The number of methoxy groups -OCH3 is 1. The third-order valence-electron chi connectivity index (χ3n) is 1.97. The van der Waals surface area contributed by atoms with Crippen molar-refractivity contribution >= 4 is 12.0 Å². The fraction of sp³-hybridized carbons (Fsp3) is 0.778.